The molecular formula is C8H13F3N2O2. The molecule has 1 heterocycles. The average Bonchev–Trinajstić information content (AvgIpc) is 2.15. The second-order valence-electron chi connectivity index (χ2n) is 3.65. The summed E-state index contributed by atoms with van der Waals surface area (Å²) in [6.45, 7) is -0.838. The molecule has 1 rings (SSSR count). The maximum absolute atomic E-state index is 12.4. The topological polar surface area (TPSA) is 66.6 Å². The van der Waals surface area contributed by atoms with Gasteiger partial charge in [-0.05, 0) is 12.8 Å². The molecule has 7 heteroatoms. The van der Waals surface area contributed by atoms with Crippen molar-refractivity contribution in [2.24, 2.45) is 5.73 Å². The average molecular weight is 226 g/mol. The van der Waals surface area contributed by atoms with E-state index < -0.39 is 24.2 Å². The third kappa shape index (κ3) is 2.40. The molecule has 0 aromatic carbocycles. The van der Waals surface area contributed by atoms with E-state index in [1.165, 1.54) is 0 Å². The Morgan fingerprint density at radius 1 is 1.53 bits per heavy atom. The van der Waals surface area contributed by atoms with Gasteiger partial charge in [0.1, 0.15) is 0 Å². The summed E-state index contributed by atoms with van der Waals surface area (Å²) in [5.41, 5.74) is 2.26. The van der Waals surface area contributed by atoms with Crippen LogP contribution in [0.5, 0.6) is 0 Å². The van der Waals surface area contributed by atoms with Crippen molar-refractivity contribution >= 4 is 5.91 Å². The number of amides is 1. The Bertz CT molecular complexity index is 257. The van der Waals surface area contributed by atoms with Crippen molar-refractivity contribution in [3.63, 3.8) is 0 Å². The summed E-state index contributed by atoms with van der Waals surface area (Å²) in [6, 6.07) is 0. The van der Waals surface area contributed by atoms with Gasteiger partial charge >= 0.3 is 6.18 Å². The third-order valence-electron chi connectivity index (χ3n) is 2.53. The van der Waals surface area contributed by atoms with Gasteiger partial charge in [-0.25, -0.2) is 0 Å². The van der Waals surface area contributed by atoms with Gasteiger partial charge in [0.25, 0.3) is 0 Å². The predicted molar refractivity (Wildman–Crippen MR) is 45.9 cm³/mol. The standard InChI is InChI=1S/C8H13F3N2O2/c9-8(10,11)7(15)2-1-3-13(5-7)6(14)4-12/h15H,1-5,12H2. The summed E-state index contributed by atoms with van der Waals surface area (Å²) in [6.07, 6.45) is -4.95. The Kier molecular flexibility index (Phi) is 3.25. The lowest BCUT2D eigenvalue weighted by Gasteiger charge is -2.39. The quantitative estimate of drug-likeness (QED) is 0.654. The van der Waals surface area contributed by atoms with Crippen LogP contribution < -0.4 is 5.73 Å². The van der Waals surface area contributed by atoms with Gasteiger partial charge < -0.3 is 15.7 Å². The molecule has 1 atom stereocenters. The number of hydrogen-bond acceptors (Lipinski definition) is 3. The zero-order valence-electron chi connectivity index (χ0n) is 8.05. The van der Waals surface area contributed by atoms with E-state index in [-0.39, 0.29) is 25.9 Å². The number of hydrogen-bond donors (Lipinski definition) is 2. The molecule has 0 radical (unpaired) electrons. The first-order valence-electron chi connectivity index (χ1n) is 4.57. The van der Waals surface area contributed by atoms with Crippen LogP contribution in [0.2, 0.25) is 0 Å². The molecule has 0 aliphatic carbocycles. The van der Waals surface area contributed by atoms with Crippen molar-refractivity contribution in [3.8, 4) is 0 Å². The van der Waals surface area contributed by atoms with E-state index in [2.05, 4.69) is 0 Å². The minimum Gasteiger partial charge on any atom is -0.379 e. The van der Waals surface area contributed by atoms with E-state index >= 15 is 0 Å². The monoisotopic (exact) mass is 226 g/mol. The number of carbonyl (C=O) groups excluding carboxylic acids is 1. The van der Waals surface area contributed by atoms with Crippen molar-refractivity contribution in [2.45, 2.75) is 24.6 Å². The highest BCUT2D eigenvalue weighted by Gasteiger charge is 2.55. The Morgan fingerprint density at radius 2 is 2.13 bits per heavy atom. The van der Waals surface area contributed by atoms with Crippen molar-refractivity contribution in [1.82, 2.24) is 4.90 Å². The number of nitrogens with zero attached hydrogens (tertiary/aromatic N) is 1. The van der Waals surface area contributed by atoms with E-state index in [0.717, 1.165) is 4.90 Å². The molecule has 0 bridgehead atoms. The summed E-state index contributed by atoms with van der Waals surface area (Å²) in [4.78, 5) is 12.1. The number of rotatable bonds is 1. The number of halogens is 3. The third-order valence-corrected chi connectivity index (χ3v) is 2.53. The zero-order valence-corrected chi connectivity index (χ0v) is 8.05. The highest BCUT2D eigenvalue weighted by Crippen LogP contribution is 2.37. The highest BCUT2D eigenvalue weighted by molar-refractivity contribution is 5.78. The lowest BCUT2D eigenvalue weighted by molar-refractivity contribution is -0.272. The van der Waals surface area contributed by atoms with Crippen LogP contribution in [0.3, 0.4) is 0 Å². The van der Waals surface area contributed by atoms with Crippen LogP contribution in [-0.4, -0.2) is 47.3 Å². The first-order chi connectivity index (χ1) is 6.80. The van der Waals surface area contributed by atoms with Crippen LogP contribution in [0.1, 0.15) is 12.8 Å². The van der Waals surface area contributed by atoms with Crippen LogP contribution in [0.25, 0.3) is 0 Å². The van der Waals surface area contributed by atoms with Gasteiger partial charge in [0.05, 0.1) is 13.1 Å². The van der Waals surface area contributed by atoms with E-state index in [1.54, 1.807) is 0 Å². The number of carbonyl (C=O) groups is 1. The summed E-state index contributed by atoms with van der Waals surface area (Å²) in [5.74, 6) is -0.572. The minimum absolute atomic E-state index is 0.127. The molecule has 15 heavy (non-hydrogen) atoms. The number of β-amino-alcohol motifs (C(OH)–C–C–N with tert-alkyl or cyclic N) is 1. The van der Waals surface area contributed by atoms with Crippen LogP contribution in [0.15, 0.2) is 0 Å². The van der Waals surface area contributed by atoms with E-state index in [9.17, 15) is 23.1 Å². The van der Waals surface area contributed by atoms with Crippen LogP contribution in [-0.2, 0) is 4.79 Å². The van der Waals surface area contributed by atoms with Crippen LogP contribution >= 0.6 is 0 Å². The van der Waals surface area contributed by atoms with Gasteiger partial charge in [-0.1, -0.05) is 0 Å². The first-order valence-corrected chi connectivity index (χ1v) is 4.57. The highest BCUT2D eigenvalue weighted by atomic mass is 19.4. The molecule has 0 saturated carbocycles. The van der Waals surface area contributed by atoms with Gasteiger partial charge in [0.2, 0.25) is 5.91 Å². The lowest BCUT2D eigenvalue weighted by atomic mass is 9.92. The summed E-state index contributed by atoms with van der Waals surface area (Å²) >= 11 is 0. The van der Waals surface area contributed by atoms with Crippen LogP contribution in [0.4, 0.5) is 13.2 Å². The first kappa shape index (κ1) is 12.3. The normalized spacial score (nSPS) is 27.9. The number of alkyl halides is 3. The molecule has 3 N–H and O–H groups in total. The number of likely N-dealkylation sites (tertiary alicyclic amines) is 1. The molecule has 1 aliphatic rings. The van der Waals surface area contributed by atoms with Crippen molar-refractivity contribution in [2.75, 3.05) is 19.6 Å². The van der Waals surface area contributed by atoms with Gasteiger partial charge in [0.15, 0.2) is 5.60 Å². The lowest BCUT2D eigenvalue weighted by Crippen LogP contribution is -2.58. The fourth-order valence-electron chi connectivity index (χ4n) is 1.61. The van der Waals surface area contributed by atoms with Gasteiger partial charge in [-0.15, -0.1) is 0 Å². The molecule has 1 unspecified atom stereocenters. The molecule has 88 valence electrons. The Balaban J connectivity index is 2.75. The molecule has 4 nitrogen and oxygen atoms in total. The Morgan fingerprint density at radius 3 is 2.60 bits per heavy atom. The van der Waals surface area contributed by atoms with Crippen LogP contribution in [0, 0.1) is 0 Å². The summed E-state index contributed by atoms with van der Waals surface area (Å²) < 4.78 is 37.3. The molecule has 1 amide bonds. The predicted octanol–water partition coefficient (Wildman–Crippen LogP) is -0.139. The maximum atomic E-state index is 12.4. The number of aliphatic hydroxyl groups is 1. The fourth-order valence-corrected chi connectivity index (χ4v) is 1.61. The molecule has 1 fully saturated rings. The molecule has 0 spiro atoms. The van der Waals surface area contributed by atoms with Crippen molar-refractivity contribution < 1.29 is 23.1 Å². The molecule has 1 saturated heterocycles. The second kappa shape index (κ2) is 3.97. The van der Waals surface area contributed by atoms with E-state index in [1.807, 2.05) is 0 Å². The molecule has 0 aromatic heterocycles. The molecule has 1 aliphatic heterocycles. The van der Waals surface area contributed by atoms with E-state index in [0.29, 0.717) is 0 Å². The summed E-state index contributed by atoms with van der Waals surface area (Å²) in [7, 11) is 0. The fraction of sp³-hybridized carbons (Fsp3) is 0.875. The molecule has 0 aromatic rings. The van der Waals surface area contributed by atoms with Crippen molar-refractivity contribution in [1.29, 1.82) is 0 Å². The second-order valence-corrected chi connectivity index (χ2v) is 3.65. The largest absolute Gasteiger partial charge is 0.418 e. The minimum atomic E-state index is -4.71. The molecular weight excluding hydrogens is 213 g/mol. The number of piperidine rings is 1. The van der Waals surface area contributed by atoms with E-state index in [4.69, 9.17) is 5.73 Å². The number of nitrogens with two attached hydrogens (primary N) is 1. The smallest absolute Gasteiger partial charge is 0.379 e. The van der Waals surface area contributed by atoms with Gasteiger partial charge in [0, 0.05) is 6.54 Å². The Labute approximate surface area is 84.8 Å². The van der Waals surface area contributed by atoms with Crippen molar-refractivity contribution in [3.05, 3.63) is 0 Å². The SMILES string of the molecule is NCC(=O)N1CCCC(O)(C(F)(F)F)C1. The zero-order chi connectivity index (χ0) is 11.7. The van der Waals surface area contributed by atoms with Gasteiger partial charge in [-0.3, -0.25) is 4.79 Å². The Hall–Kier alpha value is -0.820. The van der Waals surface area contributed by atoms with Gasteiger partial charge in [-0.2, -0.15) is 13.2 Å². The summed E-state index contributed by atoms with van der Waals surface area (Å²) in [5, 5.41) is 9.36. The maximum Gasteiger partial charge on any atom is 0.418 e.